The number of nitrogens with zero attached hydrogens (tertiary/aromatic N) is 2. The predicted octanol–water partition coefficient (Wildman–Crippen LogP) is 2.83. The quantitative estimate of drug-likeness (QED) is 0.806. The van der Waals surface area contributed by atoms with Crippen LogP contribution in [0.5, 0.6) is 0 Å². The molecule has 1 aromatic carbocycles. The van der Waals surface area contributed by atoms with Crippen molar-refractivity contribution in [3.05, 3.63) is 60.1 Å². The first-order valence-electron chi connectivity index (χ1n) is 5.87. The summed E-state index contributed by atoms with van der Waals surface area (Å²) in [4.78, 5) is 12.3. The summed E-state index contributed by atoms with van der Waals surface area (Å²) in [6.07, 6.45) is 1.51. The Morgan fingerprint density at radius 2 is 2.05 bits per heavy atom. The van der Waals surface area contributed by atoms with Crippen LogP contribution in [0.1, 0.15) is 16.1 Å². The van der Waals surface area contributed by atoms with Gasteiger partial charge < -0.3 is 4.42 Å². The van der Waals surface area contributed by atoms with E-state index in [9.17, 15) is 4.79 Å². The van der Waals surface area contributed by atoms with Crippen LogP contribution in [-0.2, 0) is 0 Å². The Kier molecular flexibility index (Phi) is 3.13. The zero-order chi connectivity index (χ0) is 13.2. The second-order valence-corrected chi connectivity index (χ2v) is 5.23. The molecule has 0 saturated carbocycles. The van der Waals surface area contributed by atoms with E-state index in [0.717, 1.165) is 10.6 Å². The molecule has 5 heteroatoms. The molecular weight excluding hydrogens is 260 g/mol. The van der Waals surface area contributed by atoms with Gasteiger partial charge in [0, 0.05) is 12.6 Å². The van der Waals surface area contributed by atoms with Crippen molar-refractivity contribution >= 4 is 22.6 Å². The molecule has 1 aliphatic heterocycles. The highest BCUT2D eigenvalue weighted by Crippen LogP contribution is 2.30. The minimum atomic E-state index is -0.360. The Bertz CT molecular complexity index is 608. The summed E-state index contributed by atoms with van der Waals surface area (Å²) in [6.45, 7) is 0. The van der Waals surface area contributed by atoms with Crippen molar-refractivity contribution in [1.29, 1.82) is 0 Å². The van der Waals surface area contributed by atoms with Crippen LogP contribution in [0.2, 0.25) is 0 Å². The molecule has 0 radical (unpaired) electrons. The summed E-state index contributed by atoms with van der Waals surface area (Å²) in [5.41, 5.74) is 1.02. The van der Waals surface area contributed by atoms with Gasteiger partial charge in [0.2, 0.25) is 5.78 Å². The number of hydrazone groups is 1. The summed E-state index contributed by atoms with van der Waals surface area (Å²) in [6, 6.07) is 13.2. The van der Waals surface area contributed by atoms with Gasteiger partial charge in [-0.2, -0.15) is 5.10 Å². The molecule has 96 valence electrons. The predicted molar refractivity (Wildman–Crippen MR) is 75.2 cm³/mol. The number of likely N-dealkylation sites (N-methyl/N-ethyl adjacent to an activating group) is 1. The molecule has 2 aromatic rings. The van der Waals surface area contributed by atoms with Gasteiger partial charge in [-0.25, -0.2) is 0 Å². The molecule has 0 aliphatic carbocycles. The van der Waals surface area contributed by atoms with E-state index in [-0.39, 0.29) is 11.2 Å². The van der Waals surface area contributed by atoms with Gasteiger partial charge in [-0.15, -0.1) is 0 Å². The van der Waals surface area contributed by atoms with Gasteiger partial charge in [0.25, 0.3) is 0 Å². The van der Waals surface area contributed by atoms with E-state index < -0.39 is 0 Å². The Labute approximate surface area is 115 Å². The fourth-order valence-corrected chi connectivity index (χ4v) is 2.95. The third kappa shape index (κ3) is 2.29. The first-order chi connectivity index (χ1) is 9.25. The SMILES string of the molecule is CN1N=C(c2ccccc2)SC1C(=O)c1ccco1. The maximum Gasteiger partial charge on any atom is 0.232 e. The number of carbonyl (C=O) groups excluding carboxylic acids is 1. The van der Waals surface area contributed by atoms with E-state index in [4.69, 9.17) is 4.42 Å². The van der Waals surface area contributed by atoms with Crippen molar-refractivity contribution in [2.75, 3.05) is 7.05 Å². The second-order valence-electron chi connectivity index (χ2n) is 4.16. The molecule has 2 heterocycles. The molecule has 1 atom stereocenters. The zero-order valence-electron chi connectivity index (χ0n) is 10.3. The molecule has 4 nitrogen and oxygen atoms in total. The number of rotatable bonds is 3. The number of benzene rings is 1. The maximum atomic E-state index is 12.3. The number of hydrogen-bond acceptors (Lipinski definition) is 5. The van der Waals surface area contributed by atoms with Gasteiger partial charge in [-0.1, -0.05) is 42.1 Å². The third-order valence-corrected chi connectivity index (χ3v) is 4.10. The molecule has 0 N–H and O–H groups in total. The number of thioether (sulfide) groups is 1. The summed E-state index contributed by atoms with van der Waals surface area (Å²) in [7, 11) is 1.80. The average Bonchev–Trinajstić information content (AvgIpc) is 3.08. The molecule has 3 rings (SSSR count). The molecular formula is C14H12N2O2S. The van der Waals surface area contributed by atoms with Crippen molar-refractivity contribution < 1.29 is 9.21 Å². The van der Waals surface area contributed by atoms with Crippen LogP contribution < -0.4 is 0 Å². The van der Waals surface area contributed by atoms with Crippen LogP contribution in [-0.4, -0.2) is 28.3 Å². The van der Waals surface area contributed by atoms with Crippen molar-refractivity contribution in [2.45, 2.75) is 5.37 Å². The molecule has 0 saturated heterocycles. The number of hydrogen-bond donors (Lipinski definition) is 0. The van der Waals surface area contributed by atoms with Crippen LogP contribution in [0, 0.1) is 0 Å². The number of Topliss-reactive ketones (excluding diaryl/α,β-unsaturated/α-hetero) is 1. The van der Waals surface area contributed by atoms with Crippen molar-refractivity contribution in [3.8, 4) is 0 Å². The molecule has 0 bridgehead atoms. The molecule has 0 spiro atoms. The Morgan fingerprint density at radius 3 is 2.74 bits per heavy atom. The third-order valence-electron chi connectivity index (χ3n) is 2.82. The van der Waals surface area contributed by atoms with Gasteiger partial charge in [-0.05, 0) is 12.1 Å². The lowest BCUT2D eigenvalue weighted by molar-refractivity contribution is 0.0902. The van der Waals surface area contributed by atoms with Crippen LogP contribution >= 0.6 is 11.8 Å². The van der Waals surface area contributed by atoms with Gasteiger partial charge in [0.05, 0.1) is 6.26 Å². The zero-order valence-corrected chi connectivity index (χ0v) is 11.1. The normalized spacial score (nSPS) is 18.5. The summed E-state index contributed by atoms with van der Waals surface area (Å²) < 4.78 is 5.16. The topological polar surface area (TPSA) is 45.8 Å². The van der Waals surface area contributed by atoms with Crippen LogP contribution in [0.15, 0.2) is 58.2 Å². The standard InChI is InChI=1S/C14H12N2O2S/c1-16-14(12(17)11-8-5-9-18-11)19-13(15-16)10-6-3-2-4-7-10/h2-9,14H,1H3. The van der Waals surface area contributed by atoms with Crippen LogP contribution in [0.4, 0.5) is 0 Å². The first kappa shape index (κ1) is 12.0. The Hall–Kier alpha value is -2.01. The molecule has 0 amide bonds. The first-order valence-corrected chi connectivity index (χ1v) is 6.75. The Morgan fingerprint density at radius 1 is 1.26 bits per heavy atom. The molecule has 0 fully saturated rings. The highest BCUT2D eigenvalue weighted by atomic mass is 32.2. The number of carbonyl (C=O) groups is 1. The van der Waals surface area contributed by atoms with Gasteiger partial charge in [-0.3, -0.25) is 9.80 Å². The van der Waals surface area contributed by atoms with E-state index in [0.29, 0.717) is 5.76 Å². The fraction of sp³-hybridized carbons (Fsp3) is 0.143. The van der Waals surface area contributed by atoms with Gasteiger partial charge in [0.1, 0.15) is 5.04 Å². The van der Waals surface area contributed by atoms with E-state index >= 15 is 0 Å². The highest BCUT2D eigenvalue weighted by molar-refractivity contribution is 8.15. The smallest absolute Gasteiger partial charge is 0.232 e. The highest BCUT2D eigenvalue weighted by Gasteiger charge is 2.33. The largest absolute Gasteiger partial charge is 0.461 e. The van der Waals surface area contributed by atoms with Crippen molar-refractivity contribution in [2.24, 2.45) is 5.10 Å². The number of ketones is 1. The lowest BCUT2D eigenvalue weighted by atomic mass is 10.2. The summed E-state index contributed by atoms with van der Waals surface area (Å²) in [5, 5.41) is 6.59. The van der Waals surface area contributed by atoms with Gasteiger partial charge in [0.15, 0.2) is 11.1 Å². The average molecular weight is 272 g/mol. The van der Waals surface area contributed by atoms with Crippen LogP contribution in [0.3, 0.4) is 0 Å². The van der Waals surface area contributed by atoms with E-state index in [2.05, 4.69) is 5.10 Å². The van der Waals surface area contributed by atoms with Gasteiger partial charge >= 0.3 is 0 Å². The fourth-order valence-electron chi connectivity index (χ4n) is 1.87. The second kappa shape index (κ2) is 4.93. The van der Waals surface area contributed by atoms with E-state index in [1.807, 2.05) is 30.3 Å². The van der Waals surface area contributed by atoms with Crippen molar-refractivity contribution in [3.63, 3.8) is 0 Å². The minimum Gasteiger partial charge on any atom is -0.461 e. The number of furan rings is 1. The Balaban J connectivity index is 1.81. The molecule has 1 aromatic heterocycles. The molecule has 1 unspecified atom stereocenters. The van der Waals surface area contributed by atoms with Crippen molar-refractivity contribution in [1.82, 2.24) is 5.01 Å². The van der Waals surface area contributed by atoms with E-state index in [1.54, 1.807) is 24.2 Å². The minimum absolute atomic E-state index is 0.0628. The monoisotopic (exact) mass is 272 g/mol. The lowest BCUT2D eigenvalue weighted by Crippen LogP contribution is -2.28. The molecule has 1 aliphatic rings. The lowest BCUT2D eigenvalue weighted by Gasteiger charge is -2.14. The van der Waals surface area contributed by atoms with E-state index in [1.165, 1.54) is 18.0 Å². The molecule has 19 heavy (non-hydrogen) atoms. The summed E-state index contributed by atoms with van der Waals surface area (Å²) in [5.74, 6) is 0.307. The van der Waals surface area contributed by atoms with Crippen LogP contribution in [0.25, 0.3) is 0 Å². The summed E-state index contributed by atoms with van der Waals surface area (Å²) >= 11 is 1.44. The maximum absolute atomic E-state index is 12.3.